The standard InChI is InChI=1S/C8H8BrFN2O/c9-7-3-11-4-12(8(7)13)6-1-5(10)2-6/h3-6H,1-2H2. The summed E-state index contributed by atoms with van der Waals surface area (Å²) >= 11 is 3.09. The summed E-state index contributed by atoms with van der Waals surface area (Å²) < 4.78 is 14.5. The SMILES string of the molecule is O=c1c(Br)cncn1C1CC(F)C1. The van der Waals surface area contributed by atoms with Gasteiger partial charge in [0.2, 0.25) is 0 Å². The van der Waals surface area contributed by atoms with E-state index >= 15 is 0 Å². The Kier molecular flexibility index (Phi) is 2.19. The number of alkyl halides is 1. The van der Waals surface area contributed by atoms with Gasteiger partial charge in [0.05, 0.1) is 6.33 Å². The molecule has 2 rings (SSSR count). The summed E-state index contributed by atoms with van der Waals surface area (Å²) in [6, 6.07) is -0.00694. The van der Waals surface area contributed by atoms with Gasteiger partial charge in [-0.3, -0.25) is 9.36 Å². The maximum atomic E-state index is 12.5. The Bertz CT molecular complexity index is 373. The molecule has 3 nitrogen and oxygen atoms in total. The van der Waals surface area contributed by atoms with Crippen molar-refractivity contribution in [2.75, 3.05) is 0 Å². The molecule has 0 bridgehead atoms. The van der Waals surface area contributed by atoms with Crippen LogP contribution in [0.3, 0.4) is 0 Å². The van der Waals surface area contributed by atoms with Crippen molar-refractivity contribution in [2.24, 2.45) is 0 Å². The van der Waals surface area contributed by atoms with Gasteiger partial charge in [0.15, 0.2) is 0 Å². The molecule has 0 amide bonds. The second-order valence-electron chi connectivity index (χ2n) is 3.18. The van der Waals surface area contributed by atoms with E-state index in [4.69, 9.17) is 0 Å². The molecular formula is C8H8BrFN2O. The Morgan fingerprint density at radius 1 is 1.62 bits per heavy atom. The van der Waals surface area contributed by atoms with Crippen molar-refractivity contribution >= 4 is 15.9 Å². The smallest absolute Gasteiger partial charge is 0.267 e. The van der Waals surface area contributed by atoms with E-state index in [0.717, 1.165) is 0 Å². The van der Waals surface area contributed by atoms with Crippen LogP contribution in [0.5, 0.6) is 0 Å². The second-order valence-corrected chi connectivity index (χ2v) is 4.03. The fraction of sp³-hybridized carbons (Fsp3) is 0.500. The molecule has 1 saturated carbocycles. The fourth-order valence-electron chi connectivity index (χ4n) is 1.41. The van der Waals surface area contributed by atoms with Gasteiger partial charge in [-0.1, -0.05) is 0 Å². The van der Waals surface area contributed by atoms with Gasteiger partial charge in [0.1, 0.15) is 10.6 Å². The molecule has 0 unspecified atom stereocenters. The first-order chi connectivity index (χ1) is 6.18. The summed E-state index contributed by atoms with van der Waals surface area (Å²) in [5.41, 5.74) is -0.132. The van der Waals surface area contributed by atoms with Gasteiger partial charge in [-0.25, -0.2) is 9.37 Å². The fourth-order valence-corrected chi connectivity index (χ4v) is 1.73. The Labute approximate surface area is 82.7 Å². The van der Waals surface area contributed by atoms with E-state index in [9.17, 15) is 9.18 Å². The molecular weight excluding hydrogens is 239 g/mol. The van der Waals surface area contributed by atoms with Crippen molar-refractivity contribution in [2.45, 2.75) is 25.1 Å². The third kappa shape index (κ3) is 1.52. The van der Waals surface area contributed by atoms with Crippen LogP contribution in [0.4, 0.5) is 4.39 Å². The average molecular weight is 247 g/mol. The summed E-state index contributed by atoms with van der Waals surface area (Å²) in [5.74, 6) is 0. The van der Waals surface area contributed by atoms with Crippen LogP contribution in [-0.4, -0.2) is 15.7 Å². The molecule has 0 aliphatic heterocycles. The summed E-state index contributed by atoms with van der Waals surface area (Å²) in [6.07, 6.45) is 3.01. The number of aromatic nitrogens is 2. The zero-order valence-electron chi connectivity index (χ0n) is 6.78. The third-order valence-electron chi connectivity index (χ3n) is 2.27. The van der Waals surface area contributed by atoms with Gasteiger partial charge in [0, 0.05) is 12.2 Å². The first-order valence-electron chi connectivity index (χ1n) is 4.04. The Morgan fingerprint density at radius 3 is 2.92 bits per heavy atom. The highest BCUT2D eigenvalue weighted by Gasteiger charge is 2.31. The predicted octanol–water partition coefficient (Wildman–Crippen LogP) is 1.68. The summed E-state index contributed by atoms with van der Waals surface area (Å²) in [4.78, 5) is 15.3. The van der Waals surface area contributed by atoms with Crippen molar-refractivity contribution in [3.8, 4) is 0 Å². The van der Waals surface area contributed by atoms with Crippen LogP contribution in [0.25, 0.3) is 0 Å². The van der Waals surface area contributed by atoms with Crippen molar-refractivity contribution in [3.05, 3.63) is 27.4 Å². The molecule has 70 valence electrons. The monoisotopic (exact) mass is 246 g/mol. The maximum Gasteiger partial charge on any atom is 0.267 e. The van der Waals surface area contributed by atoms with Crippen LogP contribution in [-0.2, 0) is 0 Å². The van der Waals surface area contributed by atoms with Crippen molar-refractivity contribution < 1.29 is 4.39 Å². The molecule has 1 aliphatic rings. The van der Waals surface area contributed by atoms with E-state index in [1.54, 1.807) is 0 Å². The Morgan fingerprint density at radius 2 is 2.31 bits per heavy atom. The van der Waals surface area contributed by atoms with Crippen LogP contribution in [0.1, 0.15) is 18.9 Å². The summed E-state index contributed by atoms with van der Waals surface area (Å²) in [6.45, 7) is 0. The average Bonchev–Trinajstić information content (AvgIpc) is 2.05. The Balaban J connectivity index is 2.31. The molecule has 13 heavy (non-hydrogen) atoms. The Hall–Kier alpha value is -0.710. The molecule has 1 fully saturated rings. The number of rotatable bonds is 1. The molecule has 0 aromatic carbocycles. The zero-order valence-corrected chi connectivity index (χ0v) is 8.37. The minimum absolute atomic E-state index is 0.00694. The lowest BCUT2D eigenvalue weighted by Crippen LogP contribution is -2.35. The normalized spacial score (nSPS) is 26.9. The lowest BCUT2D eigenvalue weighted by Gasteiger charge is -2.30. The highest BCUT2D eigenvalue weighted by molar-refractivity contribution is 9.10. The lowest BCUT2D eigenvalue weighted by atomic mass is 9.90. The molecule has 0 N–H and O–H groups in total. The van der Waals surface area contributed by atoms with Gasteiger partial charge in [0.25, 0.3) is 5.56 Å². The van der Waals surface area contributed by atoms with Crippen molar-refractivity contribution in [1.82, 2.24) is 9.55 Å². The zero-order chi connectivity index (χ0) is 9.42. The lowest BCUT2D eigenvalue weighted by molar-refractivity contribution is 0.133. The van der Waals surface area contributed by atoms with E-state index in [1.807, 2.05) is 0 Å². The van der Waals surface area contributed by atoms with Gasteiger partial charge < -0.3 is 0 Å². The topological polar surface area (TPSA) is 34.9 Å². The quantitative estimate of drug-likeness (QED) is 0.756. The first kappa shape index (κ1) is 8.87. The van der Waals surface area contributed by atoms with E-state index < -0.39 is 6.17 Å². The molecule has 0 atom stereocenters. The molecule has 0 spiro atoms. The summed E-state index contributed by atoms with van der Waals surface area (Å²) in [7, 11) is 0. The third-order valence-corrected chi connectivity index (χ3v) is 2.81. The predicted molar refractivity (Wildman–Crippen MR) is 49.4 cm³/mol. The van der Waals surface area contributed by atoms with Crippen LogP contribution in [0, 0.1) is 0 Å². The van der Waals surface area contributed by atoms with Gasteiger partial charge in [-0.05, 0) is 28.8 Å². The molecule has 5 heteroatoms. The van der Waals surface area contributed by atoms with Crippen LogP contribution in [0.15, 0.2) is 21.8 Å². The molecule has 0 radical (unpaired) electrons. The van der Waals surface area contributed by atoms with Crippen LogP contribution >= 0.6 is 15.9 Å². The number of nitrogens with zero attached hydrogens (tertiary/aromatic N) is 2. The highest BCUT2D eigenvalue weighted by atomic mass is 79.9. The van der Waals surface area contributed by atoms with Crippen LogP contribution < -0.4 is 5.56 Å². The molecule has 1 aromatic rings. The number of hydrogen-bond donors (Lipinski definition) is 0. The van der Waals surface area contributed by atoms with Gasteiger partial charge in [-0.2, -0.15) is 0 Å². The first-order valence-corrected chi connectivity index (χ1v) is 4.83. The number of halogens is 2. The largest absolute Gasteiger partial charge is 0.295 e. The maximum absolute atomic E-state index is 12.5. The minimum Gasteiger partial charge on any atom is -0.295 e. The molecule has 1 aliphatic carbocycles. The van der Waals surface area contributed by atoms with E-state index in [-0.39, 0.29) is 11.6 Å². The highest BCUT2D eigenvalue weighted by Crippen LogP contribution is 2.33. The summed E-state index contributed by atoms with van der Waals surface area (Å²) in [5, 5.41) is 0. The van der Waals surface area contributed by atoms with E-state index in [1.165, 1.54) is 17.1 Å². The number of hydrogen-bond acceptors (Lipinski definition) is 2. The van der Waals surface area contributed by atoms with Crippen molar-refractivity contribution in [3.63, 3.8) is 0 Å². The van der Waals surface area contributed by atoms with Crippen molar-refractivity contribution in [1.29, 1.82) is 0 Å². The van der Waals surface area contributed by atoms with Gasteiger partial charge >= 0.3 is 0 Å². The molecule has 0 saturated heterocycles. The van der Waals surface area contributed by atoms with Gasteiger partial charge in [-0.15, -0.1) is 0 Å². The second kappa shape index (κ2) is 3.21. The van der Waals surface area contributed by atoms with Crippen LogP contribution in [0.2, 0.25) is 0 Å². The molecule has 1 heterocycles. The minimum atomic E-state index is -0.754. The van der Waals surface area contributed by atoms with E-state index in [0.29, 0.717) is 17.3 Å². The van der Waals surface area contributed by atoms with E-state index in [2.05, 4.69) is 20.9 Å². The molecule has 1 aromatic heterocycles.